The molecule has 3 N–H and O–H groups in total. The van der Waals surface area contributed by atoms with Gasteiger partial charge in [-0.2, -0.15) is 13.2 Å². The van der Waals surface area contributed by atoms with Crippen LogP contribution < -0.4 is 15.4 Å². The first-order valence-corrected chi connectivity index (χ1v) is 10.9. The molecule has 2 aliphatic heterocycles. The van der Waals surface area contributed by atoms with E-state index in [0.717, 1.165) is 55.1 Å². The first kappa shape index (κ1) is 25.5. The molecule has 0 bridgehead atoms. The van der Waals surface area contributed by atoms with Gasteiger partial charge in [0.2, 0.25) is 5.91 Å². The monoisotopic (exact) mass is 479 g/mol. The standard InChI is InChI=1S/C22H27N3O2.C2HF3O2/c1-25(2)20-12-18(13-23-14-20)22(26)24-19-5-3-4-15(11-19)16-6-7-21-17(10-16)8-9-27-21;3-2(4,5)1(6)7/h3-7,10-11,18,20,23H,8-9,12-14H2,1-2H3,(H,24,26);(H,6,7). The number of alkyl halides is 3. The quantitative estimate of drug-likeness (QED) is 0.623. The van der Waals surface area contributed by atoms with Crippen LogP contribution in [0, 0.1) is 5.92 Å². The minimum absolute atomic E-state index is 0.00745. The number of piperidine rings is 1. The molecule has 0 saturated carbocycles. The summed E-state index contributed by atoms with van der Waals surface area (Å²) in [6.07, 6.45) is -3.24. The van der Waals surface area contributed by atoms with E-state index in [0.29, 0.717) is 6.04 Å². The number of aliphatic carboxylic acids is 1. The molecule has 2 aromatic rings. The smallest absolute Gasteiger partial charge is 0.490 e. The number of likely N-dealkylation sites (N-methyl/N-ethyl adjacent to an activating group) is 1. The summed E-state index contributed by atoms with van der Waals surface area (Å²) in [6, 6.07) is 14.8. The molecule has 2 aliphatic rings. The van der Waals surface area contributed by atoms with E-state index in [-0.39, 0.29) is 11.8 Å². The van der Waals surface area contributed by atoms with E-state index < -0.39 is 12.1 Å². The van der Waals surface area contributed by atoms with E-state index in [9.17, 15) is 18.0 Å². The minimum atomic E-state index is -5.08. The van der Waals surface area contributed by atoms with Gasteiger partial charge in [-0.05, 0) is 61.5 Å². The SMILES string of the molecule is CN(C)C1CNCC(C(=O)Nc2cccc(-c3ccc4c(c3)CCO4)c2)C1.O=C(O)C(F)(F)F. The van der Waals surface area contributed by atoms with Gasteiger partial charge in [-0.1, -0.05) is 18.2 Å². The molecule has 2 heterocycles. The number of benzene rings is 2. The molecule has 0 radical (unpaired) electrons. The molecule has 2 atom stereocenters. The van der Waals surface area contributed by atoms with Crippen LogP contribution in [0.3, 0.4) is 0 Å². The van der Waals surface area contributed by atoms with Crippen molar-refractivity contribution >= 4 is 17.6 Å². The van der Waals surface area contributed by atoms with E-state index in [1.165, 1.54) is 5.56 Å². The highest BCUT2D eigenvalue weighted by atomic mass is 19.4. The molecule has 7 nitrogen and oxygen atoms in total. The lowest BCUT2D eigenvalue weighted by Gasteiger charge is -2.33. The summed E-state index contributed by atoms with van der Waals surface area (Å²) < 4.78 is 37.3. The van der Waals surface area contributed by atoms with Crippen molar-refractivity contribution in [2.75, 3.05) is 39.1 Å². The van der Waals surface area contributed by atoms with Crippen molar-refractivity contribution in [2.24, 2.45) is 5.92 Å². The lowest BCUT2D eigenvalue weighted by atomic mass is 9.94. The fourth-order valence-corrected chi connectivity index (χ4v) is 3.90. The predicted molar refractivity (Wildman–Crippen MR) is 122 cm³/mol. The summed E-state index contributed by atoms with van der Waals surface area (Å²) in [4.78, 5) is 23.8. The molecule has 1 amide bonds. The number of carbonyl (C=O) groups is 2. The largest absolute Gasteiger partial charge is 0.493 e. The second kappa shape index (κ2) is 10.9. The topological polar surface area (TPSA) is 90.9 Å². The third-order valence-corrected chi connectivity index (χ3v) is 5.82. The van der Waals surface area contributed by atoms with Crippen molar-refractivity contribution in [3.8, 4) is 16.9 Å². The van der Waals surface area contributed by atoms with E-state index in [2.05, 4.69) is 53.9 Å². The second-order valence-corrected chi connectivity index (χ2v) is 8.50. The van der Waals surface area contributed by atoms with Crippen molar-refractivity contribution in [2.45, 2.75) is 25.1 Å². The average Bonchev–Trinajstić information content (AvgIpc) is 3.27. The van der Waals surface area contributed by atoms with Gasteiger partial charge in [0.1, 0.15) is 5.75 Å². The van der Waals surface area contributed by atoms with E-state index in [1.54, 1.807) is 0 Å². The number of amides is 1. The van der Waals surface area contributed by atoms with Crippen LogP contribution in [-0.4, -0.2) is 67.9 Å². The molecular weight excluding hydrogens is 451 g/mol. The van der Waals surface area contributed by atoms with Crippen molar-refractivity contribution in [3.63, 3.8) is 0 Å². The number of anilines is 1. The number of carbonyl (C=O) groups excluding carboxylic acids is 1. The van der Waals surface area contributed by atoms with Gasteiger partial charge in [0.15, 0.2) is 0 Å². The Morgan fingerprint density at radius 3 is 2.50 bits per heavy atom. The van der Waals surface area contributed by atoms with Crippen LogP contribution >= 0.6 is 0 Å². The summed E-state index contributed by atoms with van der Waals surface area (Å²) in [7, 11) is 4.13. The number of carboxylic acid groups (broad SMARTS) is 1. The summed E-state index contributed by atoms with van der Waals surface area (Å²) in [5, 5.41) is 13.6. The number of halogens is 3. The number of carboxylic acids is 1. The van der Waals surface area contributed by atoms with Gasteiger partial charge >= 0.3 is 12.1 Å². The van der Waals surface area contributed by atoms with Crippen molar-refractivity contribution in [1.82, 2.24) is 10.2 Å². The van der Waals surface area contributed by atoms with Crippen molar-refractivity contribution < 1.29 is 32.6 Å². The molecule has 184 valence electrons. The summed E-state index contributed by atoms with van der Waals surface area (Å²) >= 11 is 0. The highest BCUT2D eigenvalue weighted by Gasteiger charge is 2.38. The molecule has 1 fully saturated rings. The second-order valence-electron chi connectivity index (χ2n) is 8.50. The highest BCUT2D eigenvalue weighted by Crippen LogP contribution is 2.31. The van der Waals surface area contributed by atoms with Gasteiger partial charge in [0, 0.05) is 31.2 Å². The van der Waals surface area contributed by atoms with E-state index in [4.69, 9.17) is 14.6 Å². The Morgan fingerprint density at radius 2 is 1.82 bits per heavy atom. The molecule has 34 heavy (non-hydrogen) atoms. The Morgan fingerprint density at radius 1 is 1.12 bits per heavy atom. The molecule has 10 heteroatoms. The van der Waals surface area contributed by atoms with Gasteiger partial charge in [0.05, 0.1) is 12.5 Å². The molecule has 0 aromatic heterocycles. The van der Waals surface area contributed by atoms with Gasteiger partial charge < -0.3 is 25.4 Å². The van der Waals surface area contributed by atoms with Gasteiger partial charge in [-0.15, -0.1) is 0 Å². The van der Waals surface area contributed by atoms with Gasteiger partial charge in [-0.25, -0.2) is 4.79 Å². The van der Waals surface area contributed by atoms with Gasteiger partial charge in [0.25, 0.3) is 0 Å². The zero-order chi connectivity index (χ0) is 24.9. The number of hydrogen-bond acceptors (Lipinski definition) is 5. The van der Waals surface area contributed by atoms with Crippen LogP contribution in [0.25, 0.3) is 11.1 Å². The summed E-state index contributed by atoms with van der Waals surface area (Å²) in [5.74, 6) is -1.68. The third-order valence-electron chi connectivity index (χ3n) is 5.82. The summed E-state index contributed by atoms with van der Waals surface area (Å²) in [6.45, 7) is 2.44. The zero-order valence-electron chi connectivity index (χ0n) is 19.0. The van der Waals surface area contributed by atoms with Crippen molar-refractivity contribution in [1.29, 1.82) is 0 Å². The third kappa shape index (κ3) is 6.71. The van der Waals surface area contributed by atoms with Crippen molar-refractivity contribution in [3.05, 3.63) is 48.0 Å². The maximum Gasteiger partial charge on any atom is 0.490 e. The molecular formula is C24H28F3N3O4. The Kier molecular flexibility index (Phi) is 8.16. The Hall–Kier alpha value is -3.11. The highest BCUT2D eigenvalue weighted by molar-refractivity contribution is 5.93. The van der Waals surface area contributed by atoms with Crippen LogP contribution in [0.1, 0.15) is 12.0 Å². The first-order valence-electron chi connectivity index (χ1n) is 10.9. The lowest BCUT2D eigenvalue weighted by Crippen LogP contribution is -2.49. The Bertz CT molecular complexity index is 1030. The number of rotatable bonds is 4. The van der Waals surface area contributed by atoms with Crippen LogP contribution in [0.5, 0.6) is 5.75 Å². The minimum Gasteiger partial charge on any atom is -0.493 e. The van der Waals surface area contributed by atoms with Crippen LogP contribution in [0.2, 0.25) is 0 Å². The van der Waals surface area contributed by atoms with Gasteiger partial charge in [-0.3, -0.25) is 4.79 Å². The maximum atomic E-state index is 12.8. The fraction of sp³-hybridized carbons (Fsp3) is 0.417. The predicted octanol–water partition coefficient (Wildman–Crippen LogP) is 3.40. The lowest BCUT2D eigenvalue weighted by molar-refractivity contribution is -0.192. The normalized spacial score (nSPS) is 19.5. The average molecular weight is 479 g/mol. The number of fused-ring (bicyclic) bond motifs is 1. The van der Waals surface area contributed by atoms with E-state index >= 15 is 0 Å². The maximum absolute atomic E-state index is 12.8. The molecule has 0 aliphatic carbocycles. The van der Waals surface area contributed by atoms with Crippen LogP contribution in [-0.2, 0) is 16.0 Å². The molecule has 0 spiro atoms. The molecule has 2 unspecified atom stereocenters. The number of ether oxygens (including phenoxy) is 1. The first-order chi connectivity index (χ1) is 16.0. The van der Waals surface area contributed by atoms with E-state index in [1.807, 2.05) is 18.2 Å². The van der Waals surface area contributed by atoms with Crippen LogP contribution in [0.15, 0.2) is 42.5 Å². The zero-order valence-corrected chi connectivity index (χ0v) is 19.0. The Balaban J connectivity index is 0.000000406. The summed E-state index contributed by atoms with van der Waals surface area (Å²) in [5.41, 5.74) is 4.36. The van der Waals surface area contributed by atoms with Crippen LogP contribution in [0.4, 0.5) is 18.9 Å². The number of hydrogen-bond donors (Lipinski definition) is 3. The molecule has 2 aromatic carbocycles. The molecule has 1 saturated heterocycles. The molecule has 4 rings (SSSR count). The Labute approximate surface area is 195 Å². The fourth-order valence-electron chi connectivity index (χ4n) is 3.90. The number of nitrogens with zero attached hydrogens (tertiary/aromatic N) is 1. The number of nitrogens with one attached hydrogen (secondary N) is 2.